The van der Waals surface area contributed by atoms with Crippen LogP contribution in [0.2, 0.25) is 0 Å². The topological polar surface area (TPSA) is 58.0 Å². The van der Waals surface area contributed by atoms with E-state index in [0.29, 0.717) is 5.95 Å². The van der Waals surface area contributed by atoms with Crippen LogP contribution in [0.5, 0.6) is 0 Å². The minimum atomic E-state index is -0.261. The summed E-state index contributed by atoms with van der Waals surface area (Å²) in [5, 5.41) is 13.0. The smallest absolute Gasteiger partial charge is 0.222 e. The molecule has 1 aromatic heterocycles. The van der Waals surface area contributed by atoms with Crippen molar-refractivity contribution in [3.63, 3.8) is 0 Å². The summed E-state index contributed by atoms with van der Waals surface area (Å²) in [5.74, 6) is 0.617. The summed E-state index contributed by atoms with van der Waals surface area (Å²) in [7, 11) is 0. The van der Waals surface area contributed by atoms with Crippen LogP contribution in [-0.4, -0.2) is 27.2 Å². The lowest BCUT2D eigenvalue weighted by molar-refractivity contribution is 0.116. The summed E-state index contributed by atoms with van der Waals surface area (Å²) in [6.07, 6.45) is 7.47. The number of nitrogens with zero attached hydrogens (tertiary/aromatic N) is 2. The lowest BCUT2D eigenvalue weighted by Crippen LogP contribution is -2.36. The van der Waals surface area contributed by atoms with Crippen molar-refractivity contribution >= 4 is 5.95 Å². The van der Waals surface area contributed by atoms with Crippen molar-refractivity contribution in [1.82, 2.24) is 9.97 Å². The summed E-state index contributed by atoms with van der Waals surface area (Å²) < 4.78 is 0. The van der Waals surface area contributed by atoms with Gasteiger partial charge in [-0.05, 0) is 25.3 Å². The maximum absolute atomic E-state index is 9.77. The van der Waals surface area contributed by atoms with Gasteiger partial charge in [-0.2, -0.15) is 0 Å². The van der Waals surface area contributed by atoms with Crippen molar-refractivity contribution < 1.29 is 5.11 Å². The molecule has 2 N–H and O–H groups in total. The molecule has 0 spiro atoms. The number of aryl methyl sites for hydroxylation is 1. The fourth-order valence-electron chi connectivity index (χ4n) is 1.91. The Kier molecular flexibility index (Phi) is 3.16. The third-order valence-corrected chi connectivity index (χ3v) is 2.82. The zero-order valence-electron chi connectivity index (χ0n) is 8.98. The van der Waals surface area contributed by atoms with Crippen LogP contribution in [0.1, 0.15) is 31.2 Å². The van der Waals surface area contributed by atoms with Crippen LogP contribution < -0.4 is 5.32 Å². The SMILES string of the molecule is Cc1cnc(N[C@H]2CCCC[C@@H]2O)nc1. The van der Waals surface area contributed by atoms with Gasteiger partial charge in [0.25, 0.3) is 0 Å². The van der Waals surface area contributed by atoms with Gasteiger partial charge >= 0.3 is 0 Å². The third kappa shape index (κ3) is 2.65. The van der Waals surface area contributed by atoms with E-state index < -0.39 is 0 Å². The Balaban J connectivity index is 1.98. The van der Waals surface area contributed by atoms with E-state index in [1.54, 1.807) is 12.4 Å². The second-order valence-electron chi connectivity index (χ2n) is 4.19. The highest BCUT2D eigenvalue weighted by Crippen LogP contribution is 2.20. The van der Waals surface area contributed by atoms with Gasteiger partial charge < -0.3 is 10.4 Å². The van der Waals surface area contributed by atoms with Gasteiger partial charge in [0.15, 0.2) is 0 Å². The Morgan fingerprint density at radius 1 is 1.27 bits per heavy atom. The molecule has 1 aliphatic rings. The standard InChI is InChI=1S/C11H17N3O/c1-8-6-12-11(13-7-8)14-9-4-2-3-5-10(9)15/h6-7,9-10,15H,2-5H2,1H3,(H,12,13,14)/t9-,10-/m0/s1. The van der Waals surface area contributed by atoms with Crippen molar-refractivity contribution in [2.45, 2.75) is 44.8 Å². The van der Waals surface area contributed by atoms with Gasteiger partial charge in [0.1, 0.15) is 0 Å². The first kappa shape index (κ1) is 10.4. The Bertz CT molecular complexity index is 312. The molecule has 2 atom stereocenters. The molecule has 0 bridgehead atoms. The first-order chi connectivity index (χ1) is 7.25. The van der Waals surface area contributed by atoms with Crippen LogP contribution in [-0.2, 0) is 0 Å². The molecular formula is C11H17N3O. The van der Waals surface area contributed by atoms with E-state index >= 15 is 0 Å². The summed E-state index contributed by atoms with van der Waals surface area (Å²) >= 11 is 0. The first-order valence-corrected chi connectivity index (χ1v) is 5.49. The largest absolute Gasteiger partial charge is 0.391 e. The van der Waals surface area contributed by atoms with E-state index in [2.05, 4.69) is 15.3 Å². The normalized spacial score (nSPS) is 26.3. The third-order valence-electron chi connectivity index (χ3n) is 2.82. The molecule has 4 nitrogen and oxygen atoms in total. The minimum Gasteiger partial charge on any atom is -0.391 e. The fourth-order valence-corrected chi connectivity index (χ4v) is 1.91. The first-order valence-electron chi connectivity index (χ1n) is 5.49. The van der Waals surface area contributed by atoms with Crippen molar-refractivity contribution in [3.8, 4) is 0 Å². The highest BCUT2D eigenvalue weighted by Gasteiger charge is 2.23. The summed E-state index contributed by atoms with van der Waals surface area (Å²) in [4.78, 5) is 8.35. The Hall–Kier alpha value is -1.16. The van der Waals surface area contributed by atoms with Crippen LogP contribution >= 0.6 is 0 Å². The highest BCUT2D eigenvalue weighted by molar-refractivity contribution is 5.26. The van der Waals surface area contributed by atoms with Gasteiger partial charge in [0.05, 0.1) is 12.1 Å². The van der Waals surface area contributed by atoms with E-state index in [-0.39, 0.29) is 12.1 Å². The summed E-state index contributed by atoms with van der Waals surface area (Å²) in [6.45, 7) is 1.96. The molecule has 1 aromatic rings. The van der Waals surface area contributed by atoms with Crippen LogP contribution in [0, 0.1) is 6.92 Å². The molecule has 1 saturated carbocycles. The van der Waals surface area contributed by atoms with Crippen LogP contribution in [0.25, 0.3) is 0 Å². The Morgan fingerprint density at radius 3 is 2.60 bits per heavy atom. The zero-order chi connectivity index (χ0) is 10.7. The molecule has 0 radical (unpaired) electrons. The second-order valence-corrected chi connectivity index (χ2v) is 4.19. The van der Waals surface area contributed by atoms with Crippen molar-refractivity contribution in [3.05, 3.63) is 18.0 Å². The van der Waals surface area contributed by atoms with Crippen molar-refractivity contribution in [1.29, 1.82) is 0 Å². The van der Waals surface area contributed by atoms with Crippen LogP contribution in [0.15, 0.2) is 12.4 Å². The predicted octanol–water partition coefficient (Wildman–Crippen LogP) is 1.50. The van der Waals surface area contributed by atoms with Gasteiger partial charge in [-0.3, -0.25) is 0 Å². The molecule has 0 aliphatic heterocycles. The number of aliphatic hydroxyl groups is 1. The lowest BCUT2D eigenvalue weighted by Gasteiger charge is -2.28. The fraction of sp³-hybridized carbons (Fsp3) is 0.636. The molecule has 1 aliphatic carbocycles. The van der Waals surface area contributed by atoms with Gasteiger partial charge in [-0.1, -0.05) is 12.8 Å². The maximum Gasteiger partial charge on any atom is 0.222 e. The molecular weight excluding hydrogens is 190 g/mol. The second kappa shape index (κ2) is 4.57. The van der Waals surface area contributed by atoms with E-state index in [0.717, 1.165) is 24.8 Å². The van der Waals surface area contributed by atoms with Crippen LogP contribution in [0.3, 0.4) is 0 Å². The van der Waals surface area contributed by atoms with Crippen LogP contribution in [0.4, 0.5) is 5.95 Å². The van der Waals surface area contributed by atoms with Gasteiger partial charge in [0.2, 0.25) is 5.95 Å². The van der Waals surface area contributed by atoms with E-state index in [1.807, 2.05) is 6.92 Å². The number of hydrogen-bond acceptors (Lipinski definition) is 4. The molecule has 1 fully saturated rings. The summed E-state index contributed by atoms with van der Waals surface area (Å²) in [6, 6.07) is 0.112. The number of rotatable bonds is 2. The molecule has 2 rings (SSSR count). The Labute approximate surface area is 89.8 Å². The average molecular weight is 207 g/mol. The molecule has 0 amide bonds. The summed E-state index contributed by atoms with van der Waals surface area (Å²) in [5.41, 5.74) is 1.05. The lowest BCUT2D eigenvalue weighted by atomic mass is 9.93. The molecule has 1 heterocycles. The van der Waals surface area contributed by atoms with E-state index in [1.165, 1.54) is 6.42 Å². The average Bonchev–Trinajstić information content (AvgIpc) is 2.25. The number of hydrogen-bond donors (Lipinski definition) is 2. The predicted molar refractivity (Wildman–Crippen MR) is 58.7 cm³/mol. The molecule has 82 valence electrons. The molecule has 0 unspecified atom stereocenters. The van der Waals surface area contributed by atoms with Crippen molar-refractivity contribution in [2.24, 2.45) is 0 Å². The number of anilines is 1. The number of aliphatic hydroxyl groups excluding tert-OH is 1. The number of aromatic nitrogens is 2. The maximum atomic E-state index is 9.77. The van der Waals surface area contributed by atoms with E-state index in [4.69, 9.17) is 0 Å². The quantitative estimate of drug-likeness (QED) is 0.771. The zero-order valence-corrected chi connectivity index (χ0v) is 8.98. The Morgan fingerprint density at radius 2 is 1.93 bits per heavy atom. The minimum absolute atomic E-state index is 0.112. The van der Waals surface area contributed by atoms with Crippen molar-refractivity contribution in [2.75, 3.05) is 5.32 Å². The molecule has 15 heavy (non-hydrogen) atoms. The molecule has 0 saturated heterocycles. The number of nitrogens with one attached hydrogen (secondary N) is 1. The monoisotopic (exact) mass is 207 g/mol. The van der Waals surface area contributed by atoms with Gasteiger partial charge in [-0.15, -0.1) is 0 Å². The molecule has 0 aromatic carbocycles. The highest BCUT2D eigenvalue weighted by atomic mass is 16.3. The van der Waals surface area contributed by atoms with Gasteiger partial charge in [0, 0.05) is 12.4 Å². The van der Waals surface area contributed by atoms with Gasteiger partial charge in [-0.25, -0.2) is 9.97 Å². The molecule has 4 heteroatoms. The van der Waals surface area contributed by atoms with E-state index in [9.17, 15) is 5.11 Å².